The predicted octanol–water partition coefficient (Wildman–Crippen LogP) is 1.33. The van der Waals surface area contributed by atoms with E-state index in [4.69, 9.17) is 0 Å². The van der Waals surface area contributed by atoms with Gasteiger partial charge in [-0.1, -0.05) is 6.92 Å². The number of hydrogen-bond donors (Lipinski definition) is 1. The molecular formula is C13H25ClN4O2S. The molecule has 1 aliphatic heterocycles. The smallest absolute Gasteiger partial charge is 0.259 e. The number of rotatable bonds is 6. The molecule has 2 heterocycles. The molecule has 1 fully saturated rings. The maximum Gasteiger partial charge on any atom is 0.259 e. The Bertz CT molecular complexity index is 526. The third-order valence-corrected chi connectivity index (χ3v) is 5.55. The first-order valence-electron chi connectivity index (χ1n) is 7.24. The molecule has 122 valence electrons. The van der Waals surface area contributed by atoms with Crippen LogP contribution in [0.4, 0.5) is 0 Å². The summed E-state index contributed by atoms with van der Waals surface area (Å²) in [6, 6.07) is 1.58. The minimum Gasteiger partial charge on any atom is -0.316 e. The van der Waals surface area contributed by atoms with Gasteiger partial charge in [-0.2, -0.15) is 9.40 Å². The Morgan fingerprint density at radius 3 is 2.90 bits per heavy atom. The number of sulfonamides is 1. The molecule has 1 aromatic rings. The van der Waals surface area contributed by atoms with Gasteiger partial charge in [0.2, 0.25) is 0 Å². The lowest BCUT2D eigenvalue weighted by Crippen LogP contribution is -2.39. The maximum atomic E-state index is 12.6. The van der Waals surface area contributed by atoms with Crippen molar-refractivity contribution in [2.45, 2.75) is 37.8 Å². The van der Waals surface area contributed by atoms with E-state index in [9.17, 15) is 8.42 Å². The van der Waals surface area contributed by atoms with Gasteiger partial charge in [0.25, 0.3) is 10.0 Å². The Hall–Kier alpha value is -0.630. The first kappa shape index (κ1) is 18.4. The Morgan fingerprint density at radius 1 is 1.52 bits per heavy atom. The van der Waals surface area contributed by atoms with Gasteiger partial charge in [0, 0.05) is 20.1 Å². The van der Waals surface area contributed by atoms with Crippen molar-refractivity contribution < 1.29 is 8.42 Å². The van der Waals surface area contributed by atoms with Crippen LogP contribution >= 0.6 is 12.4 Å². The van der Waals surface area contributed by atoms with Crippen LogP contribution in [-0.2, 0) is 16.6 Å². The number of halogens is 1. The van der Waals surface area contributed by atoms with Crippen molar-refractivity contribution in [2.24, 2.45) is 5.92 Å². The molecule has 1 saturated heterocycles. The summed E-state index contributed by atoms with van der Waals surface area (Å²) in [5.41, 5.74) is 0. The van der Waals surface area contributed by atoms with E-state index in [1.165, 1.54) is 4.31 Å². The Morgan fingerprint density at radius 2 is 2.29 bits per heavy atom. The largest absolute Gasteiger partial charge is 0.316 e. The van der Waals surface area contributed by atoms with E-state index >= 15 is 0 Å². The van der Waals surface area contributed by atoms with Crippen LogP contribution in [0, 0.1) is 5.92 Å². The minimum absolute atomic E-state index is 0. The van der Waals surface area contributed by atoms with Crippen molar-refractivity contribution in [1.29, 1.82) is 0 Å². The molecule has 1 atom stereocenters. The van der Waals surface area contributed by atoms with E-state index in [1.807, 2.05) is 6.92 Å². The highest BCUT2D eigenvalue weighted by Crippen LogP contribution is 2.18. The molecule has 0 bridgehead atoms. The molecule has 8 heteroatoms. The third kappa shape index (κ3) is 4.42. The first-order valence-corrected chi connectivity index (χ1v) is 8.68. The molecule has 1 aromatic heterocycles. The highest BCUT2D eigenvalue weighted by atomic mass is 35.5. The van der Waals surface area contributed by atoms with Crippen molar-refractivity contribution in [3.05, 3.63) is 12.3 Å². The number of nitrogens with one attached hydrogen (secondary N) is 1. The predicted molar refractivity (Wildman–Crippen MR) is 85.2 cm³/mol. The zero-order valence-corrected chi connectivity index (χ0v) is 14.3. The van der Waals surface area contributed by atoms with Gasteiger partial charge in [-0.25, -0.2) is 8.42 Å². The molecule has 6 nitrogen and oxygen atoms in total. The SMILES string of the molecule is CCCn1nccc1S(=O)(=O)N(C)CC1CCCNC1.Cl. The van der Waals surface area contributed by atoms with Gasteiger partial charge in [0.15, 0.2) is 5.03 Å². The summed E-state index contributed by atoms with van der Waals surface area (Å²) in [4.78, 5) is 0. The van der Waals surface area contributed by atoms with Crippen molar-refractivity contribution in [2.75, 3.05) is 26.7 Å². The van der Waals surface area contributed by atoms with Gasteiger partial charge < -0.3 is 5.32 Å². The summed E-state index contributed by atoms with van der Waals surface area (Å²) in [6.45, 7) is 5.13. The fraction of sp³-hybridized carbons (Fsp3) is 0.769. The van der Waals surface area contributed by atoms with Crippen molar-refractivity contribution in [1.82, 2.24) is 19.4 Å². The summed E-state index contributed by atoms with van der Waals surface area (Å²) in [6.07, 6.45) is 4.62. The summed E-state index contributed by atoms with van der Waals surface area (Å²) in [5.74, 6) is 0.395. The number of aryl methyl sites for hydroxylation is 1. The van der Waals surface area contributed by atoms with E-state index in [2.05, 4.69) is 10.4 Å². The van der Waals surface area contributed by atoms with E-state index in [0.29, 0.717) is 24.0 Å². The molecule has 21 heavy (non-hydrogen) atoms. The fourth-order valence-electron chi connectivity index (χ4n) is 2.62. The summed E-state index contributed by atoms with van der Waals surface area (Å²) < 4.78 is 28.3. The van der Waals surface area contributed by atoms with Crippen LogP contribution < -0.4 is 5.32 Å². The second-order valence-corrected chi connectivity index (χ2v) is 7.38. The van der Waals surface area contributed by atoms with Crippen molar-refractivity contribution >= 4 is 22.4 Å². The van der Waals surface area contributed by atoms with Crippen LogP contribution in [0.5, 0.6) is 0 Å². The standard InChI is InChI=1S/C13H24N4O2S.ClH/c1-3-9-17-13(6-8-15-17)20(18,19)16(2)11-12-5-4-7-14-10-12;/h6,8,12,14H,3-5,7,9-11H2,1-2H3;1H. The Balaban J connectivity index is 0.00000220. The van der Waals surface area contributed by atoms with Gasteiger partial charge >= 0.3 is 0 Å². The average Bonchev–Trinajstić information content (AvgIpc) is 2.89. The Kier molecular flexibility index (Phi) is 7.12. The molecule has 0 radical (unpaired) electrons. The van der Waals surface area contributed by atoms with Gasteiger partial charge in [-0.05, 0) is 44.3 Å². The molecule has 1 aliphatic rings. The second kappa shape index (κ2) is 8.12. The fourth-order valence-corrected chi connectivity index (χ4v) is 3.98. The first-order chi connectivity index (χ1) is 9.55. The quantitative estimate of drug-likeness (QED) is 0.851. The minimum atomic E-state index is -3.44. The molecule has 0 spiro atoms. The topological polar surface area (TPSA) is 67.2 Å². The van der Waals surface area contributed by atoms with E-state index in [1.54, 1.807) is 24.0 Å². The monoisotopic (exact) mass is 336 g/mol. The molecule has 0 amide bonds. The lowest BCUT2D eigenvalue weighted by atomic mass is 10.00. The Labute approximate surface area is 133 Å². The van der Waals surface area contributed by atoms with Crippen molar-refractivity contribution in [3.8, 4) is 0 Å². The van der Waals surface area contributed by atoms with E-state index in [-0.39, 0.29) is 12.4 Å². The van der Waals surface area contributed by atoms with Crippen LogP contribution in [0.2, 0.25) is 0 Å². The van der Waals surface area contributed by atoms with Crippen LogP contribution in [0.15, 0.2) is 17.3 Å². The maximum absolute atomic E-state index is 12.6. The van der Waals surface area contributed by atoms with E-state index in [0.717, 1.165) is 32.4 Å². The van der Waals surface area contributed by atoms with Crippen LogP contribution in [0.1, 0.15) is 26.2 Å². The van der Waals surface area contributed by atoms with Gasteiger partial charge in [-0.3, -0.25) is 4.68 Å². The lowest BCUT2D eigenvalue weighted by Gasteiger charge is -2.27. The number of aromatic nitrogens is 2. The van der Waals surface area contributed by atoms with Crippen LogP contribution in [0.25, 0.3) is 0 Å². The summed E-state index contributed by atoms with van der Waals surface area (Å²) in [7, 11) is -1.78. The normalized spacial score (nSPS) is 19.5. The zero-order chi connectivity index (χ0) is 14.6. The highest BCUT2D eigenvalue weighted by Gasteiger charge is 2.27. The second-order valence-electron chi connectivity index (χ2n) is 5.39. The van der Waals surface area contributed by atoms with Crippen molar-refractivity contribution in [3.63, 3.8) is 0 Å². The molecule has 0 aromatic carbocycles. The van der Waals surface area contributed by atoms with Crippen LogP contribution in [0.3, 0.4) is 0 Å². The molecular weight excluding hydrogens is 312 g/mol. The average molecular weight is 337 g/mol. The molecule has 2 rings (SSSR count). The number of hydrogen-bond acceptors (Lipinski definition) is 4. The van der Waals surface area contributed by atoms with Crippen LogP contribution in [-0.4, -0.2) is 49.2 Å². The van der Waals surface area contributed by atoms with Gasteiger partial charge in [0.1, 0.15) is 0 Å². The number of piperidine rings is 1. The zero-order valence-electron chi connectivity index (χ0n) is 12.7. The van der Waals surface area contributed by atoms with E-state index < -0.39 is 10.0 Å². The lowest BCUT2D eigenvalue weighted by molar-refractivity contribution is 0.313. The van der Waals surface area contributed by atoms with Gasteiger partial charge in [-0.15, -0.1) is 12.4 Å². The molecule has 0 aliphatic carbocycles. The summed E-state index contributed by atoms with van der Waals surface area (Å²) in [5, 5.41) is 7.72. The molecule has 1 N–H and O–H groups in total. The molecule has 0 saturated carbocycles. The number of nitrogens with zero attached hydrogens (tertiary/aromatic N) is 3. The van der Waals surface area contributed by atoms with Gasteiger partial charge in [0.05, 0.1) is 6.20 Å². The summed E-state index contributed by atoms with van der Waals surface area (Å²) >= 11 is 0. The highest BCUT2D eigenvalue weighted by molar-refractivity contribution is 7.89. The molecule has 1 unspecified atom stereocenters. The third-order valence-electron chi connectivity index (χ3n) is 3.70.